The molecule has 132 valence electrons. The Morgan fingerprint density at radius 2 is 1.96 bits per heavy atom. The van der Waals surface area contributed by atoms with E-state index in [4.69, 9.17) is 0 Å². The third-order valence-corrected chi connectivity index (χ3v) is 6.31. The van der Waals surface area contributed by atoms with Crippen molar-refractivity contribution in [3.05, 3.63) is 47.3 Å². The van der Waals surface area contributed by atoms with Crippen molar-refractivity contribution < 1.29 is 4.79 Å². The fourth-order valence-electron chi connectivity index (χ4n) is 5.08. The highest BCUT2D eigenvalue weighted by molar-refractivity contribution is 5.96. The number of carbonyl (C=O) groups is 1. The molecule has 2 aliphatic rings. The average molecular weight is 337 g/mol. The van der Waals surface area contributed by atoms with Crippen LogP contribution in [0, 0.1) is 31.6 Å². The van der Waals surface area contributed by atoms with Crippen molar-refractivity contribution in [3.8, 4) is 5.69 Å². The smallest absolute Gasteiger partial charge is 0.255 e. The standard InChI is InChI=1S/C21H27N3O/c1-13(19-12-16-9-10-17(19)11-16)22-21(25)20-14(2)23-24(15(20)3)18-7-5-4-6-8-18/h4-8,13,16-17,19H,9-12H2,1-3H3,(H,22,25). The van der Waals surface area contributed by atoms with Gasteiger partial charge in [0.15, 0.2) is 0 Å². The molecular formula is C21H27N3O. The van der Waals surface area contributed by atoms with Crippen LogP contribution in [0.1, 0.15) is 54.4 Å². The van der Waals surface area contributed by atoms with Crippen LogP contribution in [0.2, 0.25) is 0 Å². The van der Waals surface area contributed by atoms with Gasteiger partial charge in [0.05, 0.1) is 22.6 Å². The Kier molecular flexibility index (Phi) is 4.14. The number of carbonyl (C=O) groups excluding carboxylic acids is 1. The largest absolute Gasteiger partial charge is 0.349 e. The fourth-order valence-corrected chi connectivity index (χ4v) is 5.08. The average Bonchev–Trinajstić information content (AvgIpc) is 3.30. The molecule has 1 aromatic carbocycles. The van der Waals surface area contributed by atoms with E-state index in [9.17, 15) is 4.79 Å². The molecule has 2 aromatic rings. The summed E-state index contributed by atoms with van der Waals surface area (Å²) in [5, 5.41) is 7.88. The maximum atomic E-state index is 12.9. The van der Waals surface area contributed by atoms with Crippen LogP contribution >= 0.6 is 0 Å². The first-order chi connectivity index (χ1) is 12.0. The van der Waals surface area contributed by atoms with Crippen molar-refractivity contribution in [2.45, 2.75) is 52.5 Å². The van der Waals surface area contributed by atoms with Crippen molar-refractivity contribution in [2.24, 2.45) is 17.8 Å². The van der Waals surface area contributed by atoms with E-state index in [1.807, 2.05) is 48.9 Å². The van der Waals surface area contributed by atoms with Gasteiger partial charge in [-0.15, -0.1) is 0 Å². The van der Waals surface area contributed by atoms with Gasteiger partial charge in [-0.25, -0.2) is 4.68 Å². The van der Waals surface area contributed by atoms with Gasteiger partial charge in [0.25, 0.3) is 5.91 Å². The van der Waals surface area contributed by atoms with E-state index in [1.165, 1.54) is 25.7 Å². The van der Waals surface area contributed by atoms with Gasteiger partial charge in [0, 0.05) is 6.04 Å². The molecule has 4 nitrogen and oxygen atoms in total. The van der Waals surface area contributed by atoms with Crippen LogP contribution in [0.3, 0.4) is 0 Å². The Balaban J connectivity index is 1.53. The van der Waals surface area contributed by atoms with E-state index in [1.54, 1.807) is 0 Å². The van der Waals surface area contributed by atoms with Crippen LogP contribution in [0.4, 0.5) is 0 Å². The molecule has 2 saturated carbocycles. The number of nitrogens with zero attached hydrogens (tertiary/aromatic N) is 2. The Morgan fingerprint density at radius 1 is 1.20 bits per heavy atom. The monoisotopic (exact) mass is 337 g/mol. The number of aryl methyl sites for hydroxylation is 1. The molecule has 2 aliphatic carbocycles. The first-order valence-electron chi connectivity index (χ1n) is 9.47. The second-order valence-electron chi connectivity index (χ2n) is 7.89. The lowest BCUT2D eigenvalue weighted by atomic mass is 9.84. The minimum absolute atomic E-state index is 0.0208. The number of para-hydroxylation sites is 1. The summed E-state index contributed by atoms with van der Waals surface area (Å²) in [5.74, 6) is 2.38. The van der Waals surface area contributed by atoms with Crippen molar-refractivity contribution in [1.82, 2.24) is 15.1 Å². The lowest BCUT2D eigenvalue weighted by molar-refractivity contribution is 0.0914. The Labute approximate surface area is 149 Å². The summed E-state index contributed by atoms with van der Waals surface area (Å²) in [4.78, 5) is 12.9. The first-order valence-corrected chi connectivity index (χ1v) is 9.47. The highest BCUT2D eigenvalue weighted by atomic mass is 16.1. The number of amides is 1. The summed E-state index contributed by atoms with van der Waals surface area (Å²) in [7, 11) is 0. The molecule has 4 atom stereocenters. The molecule has 25 heavy (non-hydrogen) atoms. The number of benzene rings is 1. The molecule has 1 N–H and O–H groups in total. The van der Waals surface area contributed by atoms with E-state index >= 15 is 0 Å². The molecule has 1 heterocycles. The number of fused-ring (bicyclic) bond motifs is 2. The van der Waals surface area contributed by atoms with Gasteiger partial charge in [-0.3, -0.25) is 4.79 Å². The quantitative estimate of drug-likeness (QED) is 0.915. The summed E-state index contributed by atoms with van der Waals surface area (Å²) < 4.78 is 1.87. The molecule has 2 bridgehead atoms. The maximum absolute atomic E-state index is 12.9. The highest BCUT2D eigenvalue weighted by Crippen LogP contribution is 2.49. The fraction of sp³-hybridized carbons (Fsp3) is 0.524. The molecule has 0 saturated heterocycles. The summed E-state index contributed by atoms with van der Waals surface area (Å²) >= 11 is 0. The summed E-state index contributed by atoms with van der Waals surface area (Å²) in [6.45, 7) is 6.07. The molecule has 4 unspecified atom stereocenters. The van der Waals surface area contributed by atoms with E-state index in [0.717, 1.165) is 34.5 Å². The molecule has 0 spiro atoms. The molecule has 4 heteroatoms. The summed E-state index contributed by atoms with van der Waals surface area (Å²) in [6.07, 6.45) is 5.39. The number of aromatic nitrogens is 2. The van der Waals surface area contributed by atoms with Gasteiger partial charge < -0.3 is 5.32 Å². The van der Waals surface area contributed by atoms with Gasteiger partial charge in [0.2, 0.25) is 0 Å². The van der Waals surface area contributed by atoms with Gasteiger partial charge in [-0.1, -0.05) is 24.6 Å². The van der Waals surface area contributed by atoms with Crippen LogP contribution in [0.15, 0.2) is 30.3 Å². The molecule has 4 rings (SSSR count). The van der Waals surface area contributed by atoms with Gasteiger partial charge >= 0.3 is 0 Å². The lowest BCUT2D eigenvalue weighted by Crippen LogP contribution is -2.40. The van der Waals surface area contributed by atoms with Crippen LogP contribution in [-0.2, 0) is 0 Å². The molecular weight excluding hydrogens is 310 g/mol. The molecule has 0 aliphatic heterocycles. The molecule has 1 amide bonds. The zero-order valence-corrected chi connectivity index (χ0v) is 15.3. The van der Waals surface area contributed by atoms with Crippen LogP contribution < -0.4 is 5.32 Å². The van der Waals surface area contributed by atoms with Gasteiger partial charge in [-0.05, 0) is 69.9 Å². The second-order valence-corrected chi connectivity index (χ2v) is 7.89. The van der Waals surface area contributed by atoms with E-state index in [0.29, 0.717) is 5.92 Å². The predicted octanol–water partition coefficient (Wildman–Crippen LogP) is 4.04. The Hall–Kier alpha value is -2.10. The molecule has 1 aromatic heterocycles. The van der Waals surface area contributed by atoms with Crippen molar-refractivity contribution in [2.75, 3.05) is 0 Å². The third-order valence-electron chi connectivity index (χ3n) is 6.31. The Bertz CT molecular complexity index is 780. The Morgan fingerprint density at radius 3 is 2.60 bits per heavy atom. The normalized spacial score (nSPS) is 26.0. The van der Waals surface area contributed by atoms with Crippen LogP contribution in [-0.4, -0.2) is 21.7 Å². The van der Waals surface area contributed by atoms with Crippen molar-refractivity contribution in [3.63, 3.8) is 0 Å². The van der Waals surface area contributed by atoms with Gasteiger partial charge in [-0.2, -0.15) is 5.10 Å². The van der Waals surface area contributed by atoms with Crippen LogP contribution in [0.25, 0.3) is 5.69 Å². The minimum atomic E-state index is 0.0208. The van der Waals surface area contributed by atoms with Crippen molar-refractivity contribution in [1.29, 1.82) is 0 Å². The van der Waals surface area contributed by atoms with Crippen LogP contribution in [0.5, 0.6) is 0 Å². The zero-order valence-electron chi connectivity index (χ0n) is 15.3. The van der Waals surface area contributed by atoms with E-state index < -0.39 is 0 Å². The number of hydrogen-bond acceptors (Lipinski definition) is 2. The molecule has 2 fully saturated rings. The van der Waals surface area contributed by atoms with Gasteiger partial charge in [0.1, 0.15) is 0 Å². The maximum Gasteiger partial charge on any atom is 0.255 e. The second kappa shape index (κ2) is 6.32. The highest BCUT2D eigenvalue weighted by Gasteiger charge is 2.42. The van der Waals surface area contributed by atoms with E-state index in [2.05, 4.69) is 17.3 Å². The SMILES string of the molecule is Cc1nn(-c2ccccc2)c(C)c1C(=O)NC(C)C1CC2CCC1C2. The number of rotatable bonds is 4. The number of nitrogens with one attached hydrogen (secondary N) is 1. The third kappa shape index (κ3) is 2.88. The lowest BCUT2D eigenvalue weighted by Gasteiger charge is -2.28. The van der Waals surface area contributed by atoms with E-state index in [-0.39, 0.29) is 11.9 Å². The molecule has 0 radical (unpaired) electrons. The predicted molar refractivity (Wildman–Crippen MR) is 98.9 cm³/mol. The minimum Gasteiger partial charge on any atom is -0.349 e. The first kappa shape index (κ1) is 16.4. The number of hydrogen-bond donors (Lipinski definition) is 1. The topological polar surface area (TPSA) is 46.9 Å². The summed E-state index contributed by atoms with van der Waals surface area (Å²) in [6, 6.07) is 10.2. The summed E-state index contributed by atoms with van der Waals surface area (Å²) in [5.41, 5.74) is 3.41. The van der Waals surface area contributed by atoms with Crippen molar-refractivity contribution >= 4 is 5.91 Å². The zero-order chi connectivity index (χ0) is 17.6.